The van der Waals surface area contributed by atoms with Gasteiger partial charge in [-0.25, -0.2) is 4.98 Å². The summed E-state index contributed by atoms with van der Waals surface area (Å²) in [4.78, 5) is 28.4. The molecule has 18 heavy (non-hydrogen) atoms. The highest BCUT2D eigenvalue weighted by Crippen LogP contribution is 2.27. The predicted octanol–water partition coefficient (Wildman–Crippen LogP) is 0.318. The third kappa shape index (κ3) is 1.76. The smallest absolute Gasteiger partial charge is 0.226 e. The zero-order chi connectivity index (χ0) is 12.7. The van der Waals surface area contributed by atoms with Gasteiger partial charge in [0.05, 0.1) is 12.2 Å². The maximum Gasteiger partial charge on any atom is 0.226 e. The van der Waals surface area contributed by atoms with Gasteiger partial charge in [0.1, 0.15) is 5.52 Å². The van der Waals surface area contributed by atoms with Crippen molar-refractivity contribution in [1.82, 2.24) is 19.9 Å². The second kappa shape index (κ2) is 4.09. The zero-order valence-electron chi connectivity index (χ0n) is 9.43. The normalized spacial score (nSPS) is 19.6. The summed E-state index contributed by atoms with van der Waals surface area (Å²) < 4.78 is 0. The van der Waals surface area contributed by atoms with Crippen molar-refractivity contribution in [1.29, 1.82) is 0 Å². The van der Waals surface area contributed by atoms with Crippen LogP contribution in [0.5, 0.6) is 0 Å². The van der Waals surface area contributed by atoms with E-state index in [9.17, 15) is 4.79 Å². The number of nitrogens with one attached hydrogen (secondary N) is 1. The minimum atomic E-state index is -0.279. The summed E-state index contributed by atoms with van der Waals surface area (Å²) in [5.41, 5.74) is 6.56. The molecule has 1 fully saturated rings. The number of anilines is 1. The van der Waals surface area contributed by atoms with E-state index in [0.29, 0.717) is 18.0 Å². The fraction of sp³-hybridized carbons (Fsp3) is 0.400. The number of hydrogen-bond acceptors (Lipinski definition) is 5. The largest absolute Gasteiger partial charge is 0.369 e. The van der Waals surface area contributed by atoms with Crippen molar-refractivity contribution in [3.63, 3.8) is 0 Å². The van der Waals surface area contributed by atoms with Crippen molar-refractivity contribution in [2.45, 2.75) is 6.42 Å². The van der Waals surface area contributed by atoms with Crippen LogP contribution >= 0.6 is 11.6 Å². The molecule has 1 aliphatic heterocycles. The third-order valence-corrected chi connectivity index (χ3v) is 3.30. The molecule has 0 bridgehead atoms. The number of carbonyl (C=O) groups is 1. The fourth-order valence-corrected chi connectivity index (χ4v) is 2.37. The zero-order valence-corrected chi connectivity index (χ0v) is 10.2. The number of imidazole rings is 1. The Balaban J connectivity index is 1.99. The predicted molar refractivity (Wildman–Crippen MR) is 66.2 cm³/mol. The van der Waals surface area contributed by atoms with Crippen LogP contribution in [-0.2, 0) is 4.79 Å². The lowest BCUT2D eigenvalue weighted by atomic mass is 10.1. The maximum atomic E-state index is 11.2. The molecule has 1 amide bonds. The molecular weight excluding hydrogens is 256 g/mol. The first kappa shape index (κ1) is 11.2. The van der Waals surface area contributed by atoms with Gasteiger partial charge in [-0.2, -0.15) is 9.97 Å². The van der Waals surface area contributed by atoms with Gasteiger partial charge in [-0.15, -0.1) is 0 Å². The van der Waals surface area contributed by atoms with Crippen LogP contribution in [0.4, 0.5) is 5.82 Å². The van der Waals surface area contributed by atoms with Crippen LogP contribution in [0.1, 0.15) is 6.42 Å². The molecule has 0 saturated carbocycles. The van der Waals surface area contributed by atoms with E-state index in [1.165, 1.54) is 0 Å². The number of primary amides is 1. The number of amides is 1. The Morgan fingerprint density at radius 1 is 1.56 bits per heavy atom. The Morgan fingerprint density at radius 2 is 2.39 bits per heavy atom. The molecular formula is C10H11ClN6O. The first-order valence-corrected chi connectivity index (χ1v) is 5.94. The summed E-state index contributed by atoms with van der Waals surface area (Å²) in [5, 5.41) is 0.145. The first-order valence-electron chi connectivity index (χ1n) is 5.56. The van der Waals surface area contributed by atoms with Gasteiger partial charge >= 0.3 is 0 Å². The van der Waals surface area contributed by atoms with E-state index in [0.717, 1.165) is 18.5 Å². The van der Waals surface area contributed by atoms with E-state index in [1.807, 2.05) is 4.90 Å². The monoisotopic (exact) mass is 266 g/mol. The summed E-state index contributed by atoms with van der Waals surface area (Å²) in [6.07, 6.45) is 2.27. The minimum Gasteiger partial charge on any atom is -0.369 e. The third-order valence-electron chi connectivity index (χ3n) is 3.13. The molecule has 1 aliphatic rings. The van der Waals surface area contributed by atoms with Crippen molar-refractivity contribution in [3.05, 3.63) is 11.6 Å². The van der Waals surface area contributed by atoms with Gasteiger partial charge in [0, 0.05) is 13.1 Å². The van der Waals surface area contributed by atoms with Gasteiger partial charge in [0.2, 0.25) is 11.2 Å². The molecule has 1 atom stereocenters. The van der Waals surface area contributed by atoms with Gasteiger partial charge < -0.3 is 15.6 Å². The Labute approximate surface area is 107 Å². The maximum absolute atomic E-state index is 11.2. The van der Waals surface area contributed by atoms with Crippen molar-refractivity contribution in [2.24, 2.45) is 11.7 Å². The Kier molecular flexibility index (Phi) is 2.55. The lowest BCUT2D eigenvalue weighted by Crippen LogP contribution is -2.27. The second-order valence-electron chi connectivity index (χ2n) is 4.25. The fourth-order valence-electron chi connectivity index (χ4n) is 2.21. The van der Waals surface area contributed by atoms with Crippen molar-refractivity contribution >= 4 is 34.5 Å². The number of carbonyl (C=O) groups excluding carboxylic acids is 1. The topological polar surface area (TPSA) is 101 Å². The summed E-state index contributed by atoms with van der Waals surface area (Å²) in [6.45, 7) is 1.27. The van der Waals surface area contributed by atoms with Gasteiger partial charge in [0.15, 0.2) is 11.5 Å². The van der Waals surface area contributed by atoms with Crippen LogP contribution in [0.15, 0.2) is 6.33 Å². The van der Waals surface area contributed by atoms with Gasteiger partial charge in [-0.05, 0) is 18.0 Å². The molecule has 7 nitrogen and oxygen atoms in total. The highest BCUT2D eigenvalue weighted by atomic mass is 35.5. The second-order valence-corrected chi connectivity index (χ2v) is 4.59. The molecule has 0 spiro atoms. The van der Waals surface area contributed by atoms with E-state index in [-0.39, 0.29) is 17.1 Å². The molecule has 2 aromatic heterocycles. The molecule has 1 saturated heterocycles. The van der Waals surface area contributed by atoms with E-state index < -0.39 is 0 Å². The molecule has 0 aliphatic carbocycles. The van der Waals surface area contributed by atoms with Crippen LogP contribution < -0.4 is 10.6 Å². The standard InChI is InChI=1S/C10H11ClN6O/c11-10-15-8-6(13-4-14-8)9(16-10)17-2-1-5(3-17)7(12)18/h4-5H,1-3H2,(H2,12,18)(H,13,14,15,16). The first-order chi connectivity index (χ1) is 8.65. The minimum absolute atomic E-state index is 0.142. The summed E-state index contributed by atoms with van der Waals surface area (Å²) in [6, 6.07) is 0. The van der Waals surface area contributed by atoms with Crippen molar-refractivity contribution in [3.8, 4) is 0 Å². The highest BCUT2D eigenvalue weighted by molar-refractivity contribution is 6.28. The number of hydrogen-bond donors (Lipinski definition) is 2. The number of aromatic nitrogens is 4. The molecule has 3 N–H and O–H groups in total. The van der Waals surface area contributed by atoms with Crippen molar-refractivity contribution in [2.75, 3.05) is 18.0 Å². The molecule has 0 radical (unpaired) electrons. The van der Waals surface area contributed by atoms with Gasteiger partial charge in [-0.3, -0.25) is 4.79 Å². The SMILES string of the molecule is NC(=O)C1CCN(c2nc(Cl)nc3nc[nH]c23)C1. The molecule has 8 heteroatoms. The molecule has 3 heterocycles. The average Bonchev–Trinajstić information content (AvgIpc) is 2.95. The highest BCUT2D eigenvalue weighted by Gasteiger charge is 2.29. The quantitative estimate of drug-likeness (QED) is 0.762. The number of H-pyrrole nitrogens is 1. The molecule has 0 aromatic carbocycles. The molecule has 94 valence electrons. The average molecular weight is 267 g/mol. The lowest BCUT2D eigenvalue weighted by Gasteiger charge is -2.17. The number of nitrogens with zero attached hydrogens (tertiary/aromatic N) is 4. The Hall–Kier alpha value is -1.89. The Morgan fingerprint density at radius 3 is 3.11 bits per heavy atom. The van der Waals surface area contributed by atoms with Crippen LogP contribution in [0, 0.1) is 5.92 Å². The lowest BCUT2D eigenvalue weighted by molar-refractivity contribution is -0.121. The van der Waals surface area contributed by atoms with Crippen LogP contribution in [0.2, 0.25) is 5.28 Å². The summed E-state index contributed by atoms with van der Waals surface area (Å²) in [5.74, 6) is 0.251. The molecule has 1 unspecified atom stereocenters. The van der Waals surface area contributed by atoms with Crippen molar-refractivity contribution < 1.29 is 4.79 Å². The van der Waals surface area contributed by atoms with E-state index in [1.54, 1.807) is 6.33 Å². The number of aromatic amines is 1. The van der Waals surface area contributed by atoms with Crippen LogP contribution in [0.25, 0.3) is 11.2 Å². The number of rotatable bonds is 2. The van der Waals surface area contributed by atoms with E-state index >= 15 is 0 Å². The van der Waals surface area contributed by atoms with Crippen LogP contribution in [0.3, 0.4) is 0 Å². The summed E-state index contributed by atoms with van der Waals surface area (Å²) >= 11 is 5.86. The Bertz CT molecular complexity index is 611. The van der Waals surface area contributed by atoms with E-state index in [2.05, 4.69) is 19.9 Å². The number of fused-ring (bicyclic) bond motifs is 1. The van der Waals surface area contributed by atoms with Gasteiger partial charge in [-0.1, -0.05) is 0 Å². The number of nitrogens with two attached hydrogens (primary N) is 1. The van der Waals surface area contributed by atoms with Crippen LogP contribution in [-0.4, -0.2) is 38.9 Å². The van der Waals surface area contributed by atoms with E-state index in [4.69, 9.17) is 17.3 Å². The van der Waals surface area contributed by atoms with Gasteiger partial charge in [0.25, 0.3) is 0 Å². The molecule has 2 aromatic rings. The summed E-state index contributed by atoms with van der Waals surface area (Å²) in [7, 11) is 0. The molecule has 3 rings (SSSR count). The number of halogens is 1.